The van der Waals surface area contributed by atoms with Crippen molar-refractivity contribution in [1.82, 2.24) is 10.2 Å². The van der Waals surface area contributed by atoms with Crippen molar-refractivity contribution in [2.45, 2.75) is 38.5 Å². The summed E-state index contributed by atoms with van der Waals surface area (Å²) in [6.45, 7) is 1.01. The first-order valence-corrected chi connectivity index (χ1v) is 12.5. The molecule has 0 aliphatic heterocycles. The zero-order valence-corrected chi connectivity index (χ0v) is 20.3. The molecule has 0 saturated carbocycles. The van der Waals surface area contributed by atoms with E-state index < -0.39 is 45.4 Å². The summed E-state index contributed by atoms with van der Waals surface area (Å²) in [4.78, 5) is 26.3. The first kappa shape index (κ1) is 28.1. The molecule has 1 N–H and O–H groups in total. The van der Waals surface area contributed by atoms with Gasteiger partial charge in [-0.25, -0.2) is 12.8 Å². The predicted molar refractivity (Wildman–Crippen MR) is 123 cm³/mol. The average molecular weight is 518 g/mol. The van der Waals surface area contributed by atoms with Crippen molar-refractivity contribution < 1.29 is 35.6 Å². The number of carbonyl (C=O) groups excluding carboxylic acids is 2. The van der Waals surface area contributed by atoms with Crippen LogP contribution in [0.25, 0.3) is 0 Å². The third kappa shape index (κ3) is 7.67. The minimum absolute atomic E-state index is 0.0453. The Hall–Kier alpha value is -3.15. The molecule has 0 radical (unpaired) electrons. The normalized spacial score (nSPS) is 12.7. The lowest BCUT2D eigenvalue weighted by Gasteiger charge is -2.29. The lowest BCUT2D eigenvalue weighted by Crippen LogP contribution is -2.47. The fraction of sp³-hybridized carbons (Fsp3) is 0.391. The fourth-order valence-corrected chi connectivity index (χ4v) is 4.40. The van der Waals surface area contributed by atoms with Crippen molar-refractivity contribution in [1.29, 1.82) is 0 Å². The maximum Gasteiger partial charge on any atom is 0.416 e. The monoisotopic (exact) mass is 517 g/mol. The number of nitrogens with one attached hydrogen (secondary N) is 1. The van der Waals surface area contributed by atoms with Gasteiger partial charge in [0, 0.05) is 32.1 Å². The van der Waals surface area contributed by atoms with E-state index in [4.69, 9.17) is 0 Å². The van der Waals surface area contributed by atoms with Crippen molar-refractivity contribution in [3.63, 3.8) is 0 Å². The summed E-state index contributed by atoms with van der Waals surface area (Å²) in [7, 11) is -2.57. The number of likely N-dealkylation sites (N-methyl/N-ethyl adjacent to an activating group) is 1. The van der Waals surface area contributed by atoms with Gasteiger partial charge < -0.3 is 10.2 Å². The van der Waals surface area contributed by atoms with E-state index in [9.17, 15) is 35.6 Å². The number of amides is 2. The SMILES string of the molecule is CNC(=O)C(C)N(Cc1ccccc1F)C(=O)CCCN(c1cccc(C(F)(F)F)c1)S(C)(=O)=O. The van der Waals surface area contributed by atoms with Crippen LogP contribution < -0.4 is 9.62 Å². The number of hydrogen-bond donors (Lipinski definition) is 1. The Morgan fingerprint density at radius 2 is 1.74 bits per heavy atom. The van der Waals surface area contributed by atoms with Crippen molar-refractivity contribution in [3.05, 3.63) is 65.5 Å². The van der Waals surface area contributed by atoms with E-state index in [0.29, 0.717) is 0 Å². The van der Waals surface area contributed by atoms with Gasteiger partial charge in [-0.05, 0) is 37.6 Å². The van der Waals surface area contributed by atoms with Crippen molar-refractivity contribution in [3.8, 4) is 0 Å². The van der Waals surface area contributed by atoms with Gasteiger partial charge in [0.1, 0.15) is 11.9 Å². The van der Waals surface area contributed by atoms with E-state index in [1.54, 1.807) is 6.07 Å². The van der Waals surface area contributed by atoms with Gasteiger partial charge in [0.25, 0.3) is 0 Å². The van der Waals surface area contributed by atoms with E-state index in [1.165, 1.54) is 43.1 Å². The van der Waals surface area contributed by atoms with Crippen LogP contribution in [0.4, 0.5) is 23.2 Å². The molecule has 35 heavy (non-hydrogen) atoms. The molecule has 0 heterocycles. The Morgan fingerprint density at radius 3 is 2.31 bits per heavy atom. The second-order valence-electron chi connectivity index (χ2n) is 7.89. The van der Waals surface area contributed by atoms with Crippen LogP contribution in [0.3, 0.4) is 0 Å². The molecule has 2 aromatic carbocycles. The summed E-state index contributed by atoms with van der Waals surface area (Å²) < 4.78 is 78.7. The molecule has 12 heteroatoms. The van der Waals surface area contributed by atoms with Gasteiger partial charge in [-0.3, -0.25) is 13.9 Å². The topological polar surface area (TPSA) is 86.8 Å². The minimum Gasteiger partial charge on any atom is -0.357 e. The van der Waals surface area contributed by atoms with Crippen molar-refractivity contribution in [2.75, 3.05) is 24.2 Å². The van der Waals surface area contributed by atoms with Crippen LogP contribution in [0.5, 0.6) is 0 Å². The Kier molecular flexibility index (Phi) is 9.24. The smallest absolute Gasteiger partial charge is 0.357 e. The summed E-state index contributed by atoms with van der Waals surface area (Å²) in [6.07, 6.45) is -4.07. The molecule has 2 aromatic rings. The van der Waals surface area contributed by atoms with Crippen molar-refractivity contribution in [2.24, 2.45) is 0 Å². The maximum atomic E-state index is 14.2. The summed E-state index contributed by atoms with van der Waals surface area (Å²) in [6, 6.07) is 8.72. The first-order chi connectivity index (χ1) is 16.3. The van der Waals surface area contributed by atoms with Crippen LogP contribution in [-0.2, 0) is 32.3 Å². The van der Waals surface area contributed by atoms with Gasteiger partial charge in [0.15, 0.2) is 0 Å². The average Bonchev–Trinajstić information content (AvgIpc) is 2.78. The number of nitrogens with zero attached hydrogens (tertiary/aromatic N) is 2. The fourth-order valence-electron chi connectivity index (χ4n) is 3.44. The first-order valence-electron chi connectivity index (χ1n) is 10.6. The third-order valence-corrected chi connectivity index (χ3v) is 6.52. The molecule has 192 valence electrons. The standard InChI is InChI=1S/C23H27F4N3O4S/c1-16(22(32)28-2)29(15-17-8-4-5-11-20(17)24)21(31)12-7-13-30(35(3,33)34)19-10-6-9-18(14-19)23(25,26)27/h4-6,8-11,14,16H,7,12-13,15H2,1-3H3,(H,28,32). The van der Waals surface area contributed by atoms with Crippen LogP contribution in [-0.4, -0.2) is 51.0 Å². The van der Waals surface area contributed by atoms with Crippen LogP contribution >= 0.6 is 0 Å². The van der Waals surface area contributed by atoms with Gasteiger partial charge in [0.05, 0.1) is 17.5 Å². The van der Waals surface area contributed by atoms with E-state index in [2.05, 4.69) is 5.32 Å². The number of benzene rings is 2. The van der Waals surface area contributed by atoms with Crippen LogP contribution in [0.2, 0.25) is 0 Å². The molecule has 0 saturated heterocycles. The highest BCUT2D eigenvalue weighted by Crippen LogP contribution is 2.32. The highest BCUT2D eigenvalue weighted by molar-refractivity contribution is 7.92. The van der Waals surface area contributed by atoms with Gasteiger partial charge >= 0.3 is 6.18 Å². The number of sulfonamides is 1. The zero-order valence-electron chi connectivity index (χ0n) is 19.5. The molecule has 0 aromatic heterocycles. The number of alkyl halides is 3. The highest BCUT2D eigenvalue weighted by Gasteiger charge is 2.32. The highest BCUT2D eigenvalue weighted by atomic mass is 32.2. The van der Waals surface area contributed by atoms with Gasteiger partial charge in [-0.2, -0.15) is 13.2 Å². The number of rotatable bonds is 10. The van der Waals surface area contributed by atoms with E-state index in [1.807, 2.05) is 0 Å². The molecule has 0 spiro atoms. The maximum absolute atomic E-state index is 14.2. The predicted octanol–water partition coefficient (Wildman–Crippen LogP) is 3.55. The zero-order chi connectivity index (χ0) is 26.4. The van der Waals surface area contributed by atoms with Gasteiger partial charge in [-0.15, -0.1) is 0 Å². The number of anilines is 1. The van der Waals surface area contributed by atoms with Gasteiger partial charge in [0.2, 0.25) is 21.8 Å². The molecular formula is C23H27F4N3O4S. The van der Waals surface area contributed by atoms with E-state index in [0.717, 1.165) is 28.8 Å². The lowest BCUT2D eigenvalue weighted by atomic mass is 10.1. The Balaban J connectivity index is 2.21. The van der Waals surface area contributed by atoms with Crippen LogP contribution in [0.1, 0.15) is 30.9 Å². The van der Waals surface area contributed by atoms with E-state index in [-0.39, 0.29) is 37.2 Å². The molecule has 0 fully saturated rings. The molecule has 1 atom stereocenters. The molecule has 1 unspecified atom stereocenters. The quantitative estimate of drug-likeness (QED) is 0.489. The molecule has 0 aliphatic rings. The number of halogens is 4. The minimum atomic E-state index is -4.65. The molecule has 7 nitrogen and oxygen atoms in total. The Labute approximate surface area is 201 Å². The summed E-state index contributed by atoms with van der Waals surface area (Å²) >= 11 is 0. The number of hydrogen-bond acceptors (Lipinski definition) is 4. The molecule has 2 amide bonds. The summed E-state index contributed by atoms with van der Waals surface area (Å²) in [5.74, 6) is -1.57. The third-order valence-electron chi connectivity index (χ3n) is 5.33. The van der Waals surface area contributed by atoms with Crippen LogP contribution in [0.15, 0.2) is 48.5 Å². The summed E-state index contributed by atoms with van der Waals surface area (Å²) in [5, 5.41) is 2.43. The van der Waals surface area contributed by atoms with E-state index >= 15 is 0 Å². The Morgan fingerprint density at radius 1 is 1.09 bits per heavy atom. The second kappa shape index (κ2) is 11.5. The summed E-state index contributed by atoms with van der Waals surface area (Å²) in [5.41, 5.74) is -0.995. The molecule has 0 aliphatic carbocycles. The Bertz CT molecular complexity index is 1160. The van der Waals surface area contributed by atoms with Crippen LogP contribution in [0, 0.1) is 5.82 Å². The number of carbonyl (C=O) groups is 2. The van der Waals surface area contributed by atoms with Crippen molar-refractivity contribution >= 4 is 27.5 Å². The largest absolute Gasteiger partial charge is 0.416 e. The lowest BCUT2D eigenvalue weighted by molar-refractivity contribution is -0.140. The molecular weight excluding hydrogens is 490 g/mol. The van der Waals surface area contributed by atoms with Gasteiger partial charge in [-0.1, -0.05) is 24.3 Å². The molecule has 0 bridgehead atoms. The molecule has 2 rings (SSSR count). The second-order valence-corrected chi connectivity index (χ2v) is 9.80.